The lowest BCUT2D eigenvalue weighted by atomic mass is 10.2. The zero-order valence-electron chi connectivity index (χ0n) is 6.65. The fraction of sp³-hybridized carbons (Fsp3) is 0. The molecule has 0 fully saturated rings. The molecule has 0 aliphatic heterocycles. The van der Waals surface area contributed by atoms with Crippen LogP contribution in [0.1, 0.15) is 9.67 Å². The Hall–Kier alpha value is -1.39. The zero-order valence-corrected chi connectivity index (χ0v) is 7.47. The fourth-order valence-corrected chi connectivity index (χ4v) is 2.10. The van der Waals surface area contributed by atoms with Crippen molar-refractivity contribution in [3.63, 3.8) is 0 Å². The van der Waals surface area contributed by atoms with Gasteiger partial charge in [-0.2, -0.15) is 0 Å². The van der Waals surface area contributed by atoms with Crippen LogP contribution in [0.4, 0.5) is 0 Å². The maximum Gasteiger partial charge on any atom is 0.284 e. The number of thiophene rings is 1. The number of benzene rings is 1. The van der Waals surface area contributed by atoms with Gasteiger partial charge in [-0.3, -0.25) is 10.0 Å². The quantitative estimate of drug-likeness (QED) is 0.537. The average molecular weight is 193 g/mol. The van der Waals surface area contributed by atoms with Crippen LogP contribution >= 0.6 is 11.3 Å². The van der Waals surface area contributed by atoms with Crippen molar-refractivity contribution >= 4 is 27.3 Å². The summed E-state index contributed by atoms with van der Waals surface area (Å²) in [6.07, 6.45) is 0. The van der Waals surface area contributed by atoms with E-state index in [-0.39, 0.29) is 0 Å². The Morgan fingerprint density at radius 1 is 1.38 bits per heavy atom. The minimum Gasteiger partial charge on any atom is -0.288 e. The largest absolute Gasteiger partial charge is 0.288 e. The number of hydrogen-bond donors (Lipinski definition) is 2. The molecule has 0 unspecified atom stereocenters. The predicted octanol–water partition coefficient (Wildman–Crippen LogP) is 2.02. The van der Waals surface area contributed by atoms with E-state index in [0.29, 0.717) is 4.88 Å². The molecule has 0 atom stereocenters. The second-order valence-electron chi connectivity index (χ2n) is 2.59. The molecule has 66 valence electrons. The number of hydrogen-bond acceptors (Lipinski definition) is 3. The van der Waals surface area contributed by atoms with Crippen LogP contribution in [-0.2, 0) is 0 Å². The van der Waals surface area contributed by atoms with Gasteiger partial charge >= 0.3 is 0 Å². The molecule has 1 amide bonds. The molecule has 0 aliphatic carbocycles. The summed E-state index contributed by atoms with van der Waals surface area (Å²) in [5.74, 6) is -0.457. The van der Waals surface area contributed by atoms with Gasteiger partial charge in [-0.25, -0.2) is 5.48 Å². The molecule has 4 heteroatoms. The van der Waals surface area contributed by atoms with E-state index in [1.165, 1.54) is 11.3 Å². The summed E-state index contributed by atoms with van der Waals surface area (Å²) in [7, 11) is 0. The Kier molecular flexibility index (Phi) is 2.00. The highest BCUT2D eigenvalue weighted by molar-refractivity contribution is 7.20. The van der Waals surface area contributed by atoms with Crippen molar-refractivity contribution < 1.29 is 10.0 Å². The second kappa shape index (κ2) is 3.16. The molecular formula is C9H7NO2S. The van der Waals surface area contributed by atoms with Gasteiger partial charge in [0, 0.05) is 4.70 Å². The summed E-state index contributed by atoms with van der Waals surface area (Å²) in [4.78, 5) is 11.5. The fourth-order valence-electron chi connectivity index (χ4n) is 1.15. The van der Waals surface area contributed by atoms with Gasteiger partial charge in [-0.05, 0) is 17.5 Å². The van der Waals surface area contributed by atoms with Crippen LogP contribution < -0.4 is 5.48 Å². The number of hydroxylamine groups is 1. The van der Waals surface area contributed by atoms with Gasteiger partial charge in [-0.15, -0.1) is 11.3 Å². The number of rotatable bonds is 1. The lowest BCUT2D eigenvalue weighted by Gasteiger charge is -1.89. The van der Waals surface area contributed by atoms with E-state index in [9.17, 15) is 4.79 Å². The van der Waals surface area contributed by atoms with Crippen molar-refractivity contribution in [1.82, 2.24) is 5.48 Å². The van der Waals surface area contributed by atoms with Gasteiger partial charge in [-0.1, -0.05) is 18.2 Å². The third-order valence-corrected chi connectivity index (χ3v) is 2.87. The van der Waals surface area contributed by atoms with E-state index < -0.39 is 5.91 Å². The van der Waals surface area contributed by atoms with Gasteiger partial charge in [0.25, 0.3) is 5.91 Å². The molecule has 0 saturated heterocycles. The molecule has 1 aromatic carbocycles. The standard InChI is InChI=1S/C9H7NO2S/c11-9(10-12)8-5-6-3-1-2-4-7(6)13-8/h1-5,12H,(H,10,11). The van der Waals surface area contributed by atoms with Crippen molar-refractivity contribution in [2.75, 3.05) is 0 Å². The molecule has 0 bridgehead atoms. The van der Waals surface area contributed by atoms with Crippen LogP contribution in [-0.4, -0.2) is 11.1 Å². The van der Waals surface area contributed by atoms with Crippen LogP contribution in [0.3, 0.4) is 0 Å². The molecule has 0 saturated carbocycles. The first kappa shape index (κ1) is 8.22. The van der Waals surface area contributed by atoms with E-state index in [2.05, 4.69) is 0 Å². The summed E-state index contributed by atoms with van der Waals surface area (Å²) in [5.41, 5.74) is 1.61. The van der Waals surface area contributed by atoms with Gasteiger partial charge in [0.2, 0.25) is 0 Å². The molecule has 0 radical (unpaired) electrons. The average Bonchev–Trinajstić information content (AvgIpc) is 2.59. The Labute approximate surface area is 78.6 Å². The maximum atomic E-state index is 11.0. The van der Waals surface area contributed by atoms with Crippen molar-refractivity contribution in [2.45, 2.75) is 0 Å². The smallest absolute Gasteiger partial charge is 0.284 e. The molecule has 2 N–H and O–H groups in total. The lowest BCUT2D eigenvalue weighted by Crippen LogP contribution is -2.16. The van der Waals surface area contributed by atoms with E-state index in [1.54, 1.807) is 11.5 Å². The van der Waals surface area contributed by atoms with Gasteiger partial charge in [0.1, 0.15) is 0 Å². The van der Waals surface area contributed by atoms with Crippen LogP contribution in [0, 0.1) is 0 Å². The van der Waals surface area contributed by atoms with Crippen LogP contribution in [0.15, 0.2) is 30.3 Å². The Balaban J connectivity index is 2.56. The monoisotopic (exact) mass is 193 g/mol. The number of nitrogens with one attached hydrogen (secondary N) is 1. The van der Waals surface area contributed by atoms with Crippen molar-refractivity contribution in [2.24, 2.45) is 0 Å². The maximum absolute atomic E-state index is 11.0. The van der Waals surface area contributed by atoms with Crippen LogP contribution in [0.2, 0.25) is 0 Å². The normalized spacial score (nSPS) is 10.2. The molecule has 1 aromatic heterocycles. The number of fused-ring (bicyclic) bond motifs is 1. The van der Waals surface area contributed by atoms with E-state index in [4.69, 9.17) is 5.21 Å². The molecule has 0 aliphatic rings. The summed E-state index contributed by atoms with van der Waals surface area (Å²) in [6, 6.07) is 9.45. The number of amides is 1. The van der Waals surface area contributed by atoms with Gasteiger partial charge in [0.05, 0.1) is 4.88 Å². The SMILES string of the molecule is O=C(NO)c1cc2ccccc2s1. The highest BCUT2D eigenvalue weighted by Gasteiger charge is 2.07. The lowest BCUT2D eigenvalue weighted by molar-refractivity contribution is 0.0711. The van der Waals surface area contributed by atoms with Gasteiger partial charge in [0.15, 0.2) is 0 Å². The molecule has 2 rings (SSSR count). The van der Waals surface area contributed by atoms with Crippen molar-refractivity contribution in [3.8, 4) is 0 Å². The summed E-state index contributed by atoms with van der Waals surface area (Å²) < 4.78 is 1.04. The Bertz CT molecular complexity index is 417. The summed E-state index contributed by atoms with van der Waals surface area (Å²) in [5, 5.41) is 9.44. The highest BCUT2D eigenvalue weighted by atomic mass is 32.1. The number of carbonyl (C=O) groups excluding carboxylic acids is 1. The van der Waals surface area contributed by atoms with E-state index in [0.717, 1.165) is 10.1 Å². The second-order valence-corrected chi connectivity index (χ2v) is 3.67. The topological polar surface area (TPSA) is 49.3 Å². The zero-order chi connectivity index (χ0) is 9.26. The number of carbonyl (C=O) groups is 1. The molecular weight excluding hydrogens is 186 g/mol. The molecule has 0 spiro atoms. The van der Waals surface area contributed by atoms with Crippen LogP contribution in [0.25, 0.3) is 10.1 Å². The minimum atomic E-state index is -0.457. The first-order valence-electron chi connectivity index (χ1n) is 3.74. The minimum absolute atomic E-state index is 0.457. The molecule has 3 nitrogen and oxygen atoms in total. The highest BCUT2D eigenvalue weighted by Crippen LogP contribution is 2.24. The van der Waals surface area contributed by atoms with E-state index >= 15 is 0 Å². The Morgan fingerprint density at radius 2 is 2.15 bits per heavy atom. The third kappa shape index (κ3) is 1.41. The predicted molar refractivity (Wildman–Crippen MR) is 51.1 cm³/mol. The third-order valence-electron chi connectivity index (χ3n) is 1.75. The molecule has 2 aromatic rings. The Morgan fingerprint density at radius 3 is 2.85 bits per heavy atom. The van der Waals surface area contributed by atoms with E-state index in [1.807, 2.05) is 24.3 Å². The summed E-state index contributed by atoms with van der Waals surface area (Å²) >= 11 is 1.36. The first-order chi connectivity index (χ1) is 6.31. The molecule has 1 heterocycles. The molecule has 13 heavy (non-hydrogen) atoms. The summed E-state index contributed by atoms with van der Waals surface area (Å²) in [6.45, 7) is 0. The first-order valence-corrected chi connectivity index (χ1v) is 4.56. The van der Waals surface area contributed by atoms with Crippen molar-refractivity contribution in [3.05, 3.63) is 35.2 Å². The van der Waals surface area contributed by atoms with Gasteiger partial charge < -0.3 is 0 Å². The van der Waals surface area contributed by atoms with Crippen LogP contribution in [0.5, 0.6) is 0 Å². The van der Waals surface area contributed by atoms with Crippen molar-refractivity contribution in [1.29, 1.82) is 0 Å².